The summed E-state index contributed by atoms with van der Waals surface area (Å²) in [7, 11) is 0. The van der Waals surface area contributed by atoms with Gasteiger partial charge in [0.25, 0.3) is 0 Å². The number of nitrogens with zero attached hydrogens (tertiary/aromatic N) is 2. The van der Waals surface area contributed by atoms with Crippen molar-refractivity contribution < 1.29 is 29.7 Å². The van der Waals surface area contributed by atoms with Crippen LogP contribution in [0.1, 0.15) is 9.60 Å². The number of hydrogen-bond acceptors (Lipinski definition) is 7. The first kappa shape index (κ1) is 6.57. The molecule has 0 saturated carbocycles. The van der Waals surface area contributed by atoms with E-state index in [9.17, 15) is 20.1 Å². The van der Waals surface area contributed by atoms with Gasteiger partial charge < -0.3 is 20.1 Å². The Kier molecular flexibility index (Phi) is 1.82. The van der Waals surface area contributed by atoms with Crippen LogP contribution in [0.3, 0.4) is 0 Å². The highest BCUT2D eigenvalue weighted by atomic mass is 16.6. The van der Waals surface area contributed by atoms with E-state index in [1.165, 1.54) is 0 Å². The Morgan fingerprint density at radius 3 is 2.89 bits per heavy atom. The molecular weight excluding hydrogens is 244 g/mol. The molecule has 9 heteroatoms. The minimum atomic E-state index is -3.86. The Hall–Kier alpha value is -1.55. The number of hydrogen-bond donors (Lipinski definition) is 5. The molecule has 18 heavy (non-hydrogen) atoms. The monoisotopic (exact) mass is 265 g/mol. The number of aromatic amines is 1. The van der Waals surface area contributed by atoms with E-state index in [4.69, 9.17) is 15.0 Å². The van der Waals surface area contributed by atoms with Crippen LogP contribution in [0, 0.1) is 5.41 Å². The molecule has 5 N–H and O–H groups in total. The van der Waals surface area contributed by atoms with Crippen LogP contribution in [-0.4, -0.2) is 60.7 Å². The lowest BCUT2D eigenvalue weighted by molar-refractivity contribution is -0.0270. The first-order valence-corrected chi connectivity index (χ1v) is 4.60. The van der Waals surface area contributed by atoms with E-state index in [1.807, 2.05) is 4.98 Å². The van der Waals surface area contributed by atoms with Gasteiger partial charge in [0.15, 0.2) is 0 Å². The topological polar surface area (TPSA) is 144 Å². The van der Waals surface area contributed by atoms with E-state index in [1.54, 1.807) is 0 Å². The maximum atomic E-state index is 11.8. The van der Waals surface area contributed by atoms with E-state index >= 15 is 0 Å². The maximum Gasteiger partial charge on any atom is 0.329 e. The van der Waals surface area contributed by atoms with Gasteiger partial charge in [-0.3, -0.25) is 15.0 Å². The Bertz CT molecular complexity index is 820. The van der Waals surface area contributed by atoms with Crippen LogP contribution in [0.4, 0.5) is 0 Å². The molecule has 2 heterocycles. The minimum Gasteiger partial charge on any atom is -0.394 e. The van der Waals surface area contributed by atoms with Gasteiger partial charge >= 0.3 is 5.69 Å². The van der Waals surface area contributed by atoms with Crippen molar-refractivity contribution in [1.29, 1.82) is 5.41 Å². The van der Waals surface area contributed by atoms with Crippen molar-refractivity contribution in [1.82, 2.24) is 14.5 Å². The summed E-state index contributed by atoms with van der Waals surface area (Å²) in [6, 6.07) is 0. The van der Waals surface area contributed by atoms with Crippen LogP contribution in [-0.2, 0) is 11.3 Å². The highest BCUT2D eigenvalue weighted by molar-refractivity contribution is 4.90. The molecular formula is C9H14N4O5. The van der Waals surface area contributed by atoms with Crippen LogP contribution in [0.5, 0.6) is 0 Å². The first-order valence-electron chi connectivity index (χ1n) is 8.10. The van der Waals surface area contributed by atoms with E-state index < -0.39 is 55.0 Å². The Balaban J connectivity index is 2.63. The van der Waals surface area contributed by atoms with Gasteiger partial charge in [-0.05, 0) is 0 Å². The fourth-order valence-corrected chi connectivity index (χ4v) is 1.25. The average molecular weight is 265 g/mol. The molecule has 0 amide bonds. The zero-order valence-corrected chi connectivity index (χ0v) is 8.76. The van der Waals surface area contributed by atoms with Crippen molar-refractivity contribution in [2.45, 2.75) is 30.9 Å². The normalized spacial score (nSPS) is 54.5. The largest absolute Gasteiger partial charge is 0.394 e. The van der Waals surface area contributed by atoms with Crippen LogP contribution in [0.2, 0.25) is 0 Å². The van der Waals surface area contributed by atoms with E-state index in [-0.39, 0.29) is 0 Å². The number of aromatic nitrogens is 3. The molecule has 0 aromatic carbocycles. The fourth-order valence-electron chi connectivity index (χ4n) is 1.25. The molecule has 2 rings (SSSR count). The molecule has 1 aromatic rings. The van der Waals surface area contributed by atoms with Crippen LogP contribution in [0.25, 0.3) is 0 Å². The molecule has 0 aliphatic carbocycles. The molecule has 1 saturated heterocycles. The number of nitrogens with one attached hydrogen (secondary N) is 2. The van der Waals surface area contributed by atoms with Crippen LogP contribution < -0.4 is 11.3 Å². The third kappa shape index (κ3) is 2.34. The molecule has 1 aliphatic rings. The molecule has 0 bridgehead atoms. The number of ether oxygens (including phenoxy) is 1. The smallest absolute Gasteiger partial charge is 0.329 e. The van der Waals surface area contributed by atoms with Gasteiger partial charge in [-0.1, -0.05) is 0 Å². The summed E-state index contributed by atoms with van der Waals surface area (Å²) in [5.74, 6) is 0. The molecule has 0 radical (unpaired) electrons. The van der Waals surface area contributed by atoms with E-state index in [2.05, 4.69) is 9.72 Å². The van der Waals surface area contributed by atoms with Crippen LogP contribution >= 0.6 is 0 Å². The highest BCUT2D eigenvalue weighted by Crippen LogP contribution is 2.21. The van der Waals surface area contributed by atoms with Gasteiger partial charge in [0.1, 0.15) is 32.0 Å². The molecule has 1 fully saturated rings. The third-order valence-electron chi connectivity index (χ3n) is 2.09. The van der Waals surface area contributed by atoms with Crippen molar-refractivity contribution in [3.8, 4) is 0 Å². The van der Waals surface area contributed by atoms with Gasteiger partial charge in [0.05, 0.1) is 21.3 Å². The second-order valence-electron chi connectivity index (χ2n) is 3.24. The average Bonchev–Trinajstić information content (AvgIpc) is 2.50. The summed E-state index contributed by atoms with van der Waals surface area (Å²) in [6.07, 6.45) is -15.4. The molecule has 9 nitrogen and oxygen atoms in total. The Morgan fingerprint density at radius 1 is 1.67 bits per heavy atom. The molecule has 1 aromatic heterocycles. The Morgan fingerprint density at radius 2 is 2.33 bits per heavy atom. The van der Waals surface area contributed by atoms with Crippen molar-refractivity contribution in [2.24, 2.45) is 0 Å². The molecule has 0 spiro atoms. The van der Waals surface area contributed by atoms with Gasteiger partial charge in [-0.2, -0.15) is 0 Å². The molecule has 4 atom stereocenters. The lowest BCUT2D eigenvalue weighted by atomic mass is 10.1. The highest BCUT2D eigenvalue weighted by Gasteiger charge is 2.42. The summed E-state index contributed by atoms with van der Waals surface area (Å²) in [5.41, 5.74) is -1.88. The van der Waals surface area contributed by atoms with Crippen molar-refractivity contribution in [2.75, 3.05) is 6.56 Å². The molecule has 1 unspecified atom stereocenters. The predicted molar refractivity (Wildman–Crippen MR) is 56.5 cm³/mol. The van der Waals surface area contributed by atoms with Gasteiger partial charge in [0, 0.05) is 0 Å². The number of H-pyrrole nitrogens is 1. The van der Waals surface area contributed by atoms with Crippen molar-refractivity contribution >= 4 is 0 Å². The molecule has 100 valence electrons. The van der Waals surface area contributed by atoms with Gasteiger partial charge in [-0.15, -0.1) is 0 Å². The number of aliphatic hydroxyl groups is 3. The summed E-state index contributed by atoms with van der Waals surface area (Å²) in [4.78, 5) is 16.9. The zero-order valence-electron chi connectivity index (χ0n) is 15.8. The Labute approximate surface area is 111 Å². The molecule has 1 aliphatic heterocycles. The summed E-state index contributed by atoms with van der Waals surface area (Å²) < 4.78 is 57.6. The second-order valence-corrected chi connectivity index (χ2v) is 3.24. The van der Waals surface area contributed by atoms with E-state index in [0.717, 1.165) is 0 Å². The summed E-state index contributed by atoms with van der Waals surface area (Å²) >= 11 is 0. The van der Waals surface area contributed by atoms with Crippen LogP contribution in [0.15, 0.2) is 11.1 Å². The summed E-state index contributed by atoms with van der Waals surface area (Å²) in [5, 5.41) is 36.6. The zero-order chi connectivity index (χ0) is 19.6. The lowest BCUT2D eigenvalue weighted by Gasteiger charge is -2.15. The third-order valence-corrected chi connectivity index (χ3v) is 2.09. The maximum absolute atomic E-state index is 11.8. The predicted octanol–water partition coefficient (Wildman–Crippen LogP) is -3.47. The quantitative estimate of drug-likeness (QED) is 0.384. The second kappa shape index (κ2) is 4.98. The SMILES string of the molecule is [2H]c1nc(=N)[nH]c(=O)n1C[C@]1([2H])O[C@]([2H])(C([2H])([2H])O)C([2H])(O)[C@]1([2H])O. The lowest BCUT2D eigenvalue weighted by Crippen LogP contribution is -2.39. The standard InChI is InChI=1S/C9H14N4O5/c10-8-11-3-13(9(17)12-8)1-4-6(15)7(16)5(2-14)18-4/h3-7,14-16H,1-2H2,(H2,10,12,17)/t4-,5+,6+,7?/m0/s1/i2D2,3D,4D,5D,6D,7D. The fraction of sp³-hybridized carbons (Fsp3) is 0.667. The first-order chi connectivity index (χ1) is 11.0. The van der Waals surface area contributed by atoms with E-state index in [0.29, 0.717) is 4.57 Å². The summed E-state index contributed by atoms with van der Waals surface area (Å²) in [6.45, 7) is -5.03. The minimum absolute atomic E-state index is 0.305. The number of rotatable bonds is 3. The van der Waals surface area contributed by atoms with Gasteiger partial charge in [-0.25, -0.2) is 9.78 Å². The van der Waals surface area contributed by atoms with Crippen molar-refractivity contribution in [3.63, 3.8) is 0 Å². The van der Waals surface area contributed by atoms with Gasteiger partial charge in [0.2, 0.25) is 5.62 Å². The van der Waals surface area contributed by atoms with Crippen molar-refractivity contribution in [3.05, 3.63) is 22.4 Å².